The lowest BCUT2D eigenvalue weighted by molar-refractivity contribution is -0.140. The highest BCUT2D eigenvalue weighted by molar-refractivity contribution is 5.69. The van der Waals surface area contributed by atoms with Gasteiger partial charge in [0.05, 0.1) is 13.7 Å². The average molecular weight is 238 g/mol. The van der Waals surface area contributed by atoms with Gasteiger partial charge in [-0.2, -0.15) is 0 Å². The molecule has 0 amide bonds. The van der Waals surface area contributed by atoms with Gasteiger partial charge in [-0.3, -0.25) is 4.79 Å². The molecule has 0 saturated heterocycles. The van der Waals surface area contributed by atoms with E-state index in [1.54, 1.807) is 0 Å². The number of benzene rings is 1. The molecule has 0 fully saturated rings. The van der Waals surface area contributed by atoms with Crippen LogP contribution in [0.3, 0.4) is 0 Å². The maximum absolute atomic E-state index is 10.9. The minimum atomic E-state index is -0.220. The average Bonchev–Trinajstić information content (AvgIpc) is 2.35. The van der Waals surface area contributed by atoms with Crippen LogP contribution in [0.15, 0.2) is 24.3 Å². The van der Waals surface area contributed by atoms with Gasteiger partial charge in [0.2, 0.25) is 0 Å². The third-order valence-corrected chi connectivity index (χ3v) is 2.32. The van der Waals surface area contributed by atoms with Crippen molar-refractivity contribution in [1.29, 1.82) is 0 Å². The minimum absolute atomic E-state index is 0.131. The second-order valence-electron chi connectivity index (χ2n) is 3.65. The number of rotatable bonds is 7. The van der Waals surface area contributed by atoms with Crippen molar-refractivity contribution in [3.63, 3.8) is 0 Å². The van der Waals surface area contributed by atoms with E-state index in [4.69, 9.17) is 9.84 Å². The summed E-state index contributed by atoms with van der Waals surface area (Å²) in [6.45, 7) is 0.615. The Morgan fingerprint density at radius 3 is 2.94 bits per heavy atom. The maximum Gasteiger partial charge on any atom is 0.305 e. The van der Waals surface area contributed by atoms with Crippen LogP contribution in [0.25, 0.3) is 0 Å². The van der Waals surface area contributed by atoms with Crippen molar-refractivity contribution in [2.75, 3.05) is 20.3 Å². The van der Waals surface area contributed by atoms with Gasteiger partial charge >= 0.3 is 5.97 Å². The van der Waals surface area contributed by atoms with E-state index in [1.807, 2.05) is 24.3 Å². The van der Waals surface area contributed by atoms with Gasteiger partial charge in [0.15, 0.2) is 0 Å². The van der Waals surface area contributed by atoms with Crippen molar-refractivity contribution in [3.8, 4) is 5.75 Å². The SMILES string of the molecule is COC(=O)CCCOc1cccc(CCO)c1. The Morgan fingerprint density at radius 1 is 1.41 bits per heavy atom. The summed E-state index contributed by atoms with van der Waals surface area (Å²) in [6.07, 6.45) is 1.63. The summed E-state index contributed by atoms with van der Waals surface area (Å²) in [5, 5.41) is 8.82. The lowest BCUT2D eigenvalue weighted by Crippen LogP contribution is -2.04. The maximum atomic E-state index is 10.9. The van der Waals surface area contributed by atoms with Gasteiger partial charge in [-0.1, -0.05) is 12.1 Å². The summed E-state index contributed by atoms with van der Waals surface area (Å²) in [6, 6.07) is 7.59. The molecular formula is C13H18O4. The standard InChI is InChI=1S/C13H18O4/c1-16-13(15)6-3-9-17-12-5-2-4-11(10-12)7-8-14/h2,4-5,10,14H,3,6-9H2,1H3. The number of hydrogen-bond acceptors (Lipinski definition) is 4. The smallest absolute Gasteiger partial charge is 0.305 e. The second kappa shape index (κ2) is 7.68. The normalized spacial score (nSPS) is 10.0. The van der Waals surface area contributed by atoms with Gasteiger partial charge in [-0.25, -0.2) is 0 Å². The molecule has 0 saturated carbocycles. The highest BCUT2D eigenvalue weighted by atomic mass is 16.5. The van der Waals surface area contributed by atoms with Gasteiger partial charge < -0.3 is 14.6 Å². The van der Waals surface area contributed by atoms with E-state index in [-0.39, 0.29) is 12.6 Å². The van der Waals surface area contributed by atoms with E-state index < -0.39 is 0 Å². The van der Waals surface area contributed by atoms with Crippen molar-refractivity contribution in [2.24, 2.45) is 0 Å². The van der Waals surface area contributed by atoms with Gasteiger partial charge in [0.1, 0.15) is 5.75 Å². The van der Waals surface area contributed by atoms with E-state index >= 15 is 0 Å². The zero-order valence-electron chi connectivity index (χ0n) is 10.0. The Kier molecular flexibility index (Phi) is 6.10. The summed E-state index contributed by atoms with van der Waals surface area (Å²) in [7, 11) is 1.38. The van der Waals surface area contributed by atoms with Crippen LogP contribution in [0.1, 0.15) is 18.4 Å². The molecule has 0 aliphatic carbocycles. The Bertz CT molecular complexity index is 349. The summed E-state index contributed by atoms with van der Waals surface area (Å²) < 4.78 is 10.0. The first-order valence-electron chi connectivity index (χ1n) is 5.65. The fourth-order valence-electron chi connectivity index (χ4n) is 1.43. The van der Waals surface area contributed by atoms with Crippen LogP contribution < -0.4 is 4.74 Å². The van der Waals surface area contributed by atoms with Crippen LogP contribution in [0.5, 0.6) is 5.75 Å². The van der Waals surface area contributed by atoms with E-state index in [1.165, 1.54) is 7.11 Å². The molecule has 0 aliphatic rings. The number of aliphatic hydroxyl groups is 1. The highest BCUT2D eigenvalue weighted by Gasteiger charge is 2.00. The molecule has 1 N–H and O–H groups in total. The molecule has 17 heavy (non-hydrogen) atoms. The molecule has 0 atom stereocenters. The third-order valence-electron chi connectivity index (χ3n) is 2.32. The first-order chi connectivity index (χ1) is 8.26. The van der Waals surface area contributed by atoms with Crippen LogP contribution in [-0.2, 0) is 16.0 Å². The second-order valence-corrected chi connectivity index (χ2v) is 3.65. The first kappa shape index (κ1) is 13.5. The van der Waals surface area contributed by atoms with Crippen molar-refractivity contribution in [2.45, 2.75) is 19.3 Å². The number of ether oxygens (including phenoxy) is 2. The van der Waals surface area contributed by atoms with Gasteiger partial charge in [-0.15, -0.1) is 0 Å². The van der Waals surface area contributed by atoms with E-state index in [9.17, 15) is 4.79 Å². The fraction of sp³-hybridized carbons (Fsp3) is 0.462. The zero-order chi connectivity index (χ0) is 12.5. The number of esters is 1. The molecular weight excluding hydrogens is 220 g/mol. The van der Waals surface area contributed by atoms with E-state index in [0.717, 1.165) is 11.3 Å². The Hall–Kier alpha value is -1.55. The summed E-state index contributed by atoms with van der Waals surface area (Å²) in [5.74, 6) is 0.545. The van der Waals surface area contributed by atoms with Crippen LogP contribution in [0.4, 0.5) is 0 Å². The molecule has 0 radical (unpaired) electrons. The van der Waals surface area contributed by atoms with E-state index in [2.05, 4.69) is 4.74 Å². The van der Waals surface area contributed by atoms with Crippen molar-refractivity contribution >= 4 is 5.97 Å². The predicted octanol–water partition coefficient (Wildman–Crippen LogP) is 1.55. The van der Waals surface area contributed by atoms with Crippen molar-refractivity contribution in [3.05, 3.63) is 29.8 Å². The summed E-state index contributed by atoms with van der Waals surface area (Å²) >= 11 is 0. The number of aliphatic hydroxyl groups excluding tert-OH is 1. The van der Waals surface area contributed by atoms with Gasteiger partial charge in [0, 0.05) is 13.0 Å². The highest BCUT2D eigenvalue weighted by Crippen LogP contribution is 2.14. The number of carbonyl (C=O) groups is 1. The monoisotopic (exact) mass is 238 g/mol. The number of hydrogen-bond donors (Lipinski definition) is 1. The Balaban J connectivity index is 2.31. The molecule has 94 valence electrons. The summed E-state index contributed by atoms with van der Waals surface area (Å²) in [4.78, 5) is 10.9. The van der Waals surface area contributed by atoms with Crippen LogP contribution in [0.2, 0.25) is 0 Å². The Labute approximate surface area is 101 Å². The Morgan fingerprint density at radius 2 is 2.24 bits per heavy atom. The minimum Gasteiger partial charge on any atom is -0.494 e. The van der Waals surface area contributed by atoms with Crippen LogP contribution in [0, 0.1) is 0 Å². The molecule has 0 bridgehead atoms. The topological polar surface area (TPSA) is 55.8 Å². The first-order valence-corrected chi connectivity index (χ1v) is 5.65. The van der Waals surface area contributed by atoms with Crippen LogP contribution >= 0.6 is 0 Å². The van der Waals surface area contributed by atoms with Crippen molar-refractivity contribution < 1.29 is 19.4 Å². The molecule has 0 unspecified atom stereocenters. The van der Waals surface area contributed by atoms with Crippen molar-refractivity contribution in [1.82, 2.24) is 0 Å². The lowest BCUT2D eigenvalue weighted by atomic mass is 10.1. The molecule has 1 aromatic carbocycles. The molecule has 1 aromatic rings. The molecule has 0 heterocycles. The molecule has 4 heteroatoms. The van der Waals surface area contributed by atoms with Gasteiger partial charge in [-0.05, 0) is 30.5 Å². The third kappa shape index (κ3) is 5.36. The van der Waals surface area contributed by atoms with Crippen LogP contribution in [-0.4, -0.2) is 31.4 Å². The number of carbonyl (C=O) groups excluding carboxylic acids is 1. The molecule has 1 rings (SSSR count). The molecule has 0 aliphatic heterocycles. The molecule has 0 aromatic heterocycles. The molecule has 0 spiro atoms. The summed E-state index contributed by atoms with van der Waals surface area (Å²) in [5.41, 5.74) is 1.04. The predicted molar refractivity (Wildman–Crippen MR) is 64.0 cm³/mol. The quantitative estimate of drug-likeness (QED) is 0.578. The van der Waals surface area contributed by atoms with Gasteiger partial charge in [0.25, 0.3) is 0 Å². The van der Waals surface area contributed by atoms with E-state index in [0.29, 0.717) is 25.9 Å². The molecule has 4 nitrogen and oxygen atoms in total. The number of methoxy groups -OCH3 is 1. The fourth-order valence-corrected chi connectivity index (χ4v) is 1.43. The lowest BCUT2D eigenvalue weighted by Gasteiger charge is -2.07. The zero-order valence-corrected chi connectivity index (χ0v) is 10.0. The largest absolute Gasteiger partial charge is 0.494 e.